The Kier molecular flexibility index (Phi) is 5.56. The van der Waals surface area contributed by atoms with Crippen LogP contribution in [-0.2, 0) is 0 Å². The minimum atomic E-state index is 0.0327. The predicted octanol–water partition coefficient (Wildman–Crippen LogP) is -0.318. The Labute approximate surface area is 67.5 Å². The Bertz CT molecular complexity index is 121. The molecule has 0 saturated carbocycles. The second-order valence-electron chi connectivity index (χ2n) is 2.29. The molecule has 0 aliphatic heterocycles. The van der Waals surface area contributed by atoms with Gasteiger partial charge < -0.3 is 16.2 Å². The number of rotatable bonds is 4. The van der Waals surface area contributed by atoms with Gasteiger partial charge in [0, 0.05) is 6.54 Å². The summed E-state index contributed by atoms with van der Waals surface area (Å²) in [6.45, 7) is 4.65. The monoisotopic (exact) mass is 159 g/mol. The number of hydrogen-bond donors (Lipinski definition) is 3. The van der Waals surface area contributed by atoms with Crippen LogP contribution in [0.3, 0.4) is 0 Å². The molecule has 0 aromatic rings. The zero-order chi connectivity index (χ0) is 8.69. The van der Waals surface area contributed by atoms with Crippen LogP contribution in [0.4, 0.5) is 0 Å². The van der Waals surface area contributed by atoms with E-state index in [2.05, 4.69) is 10.3 Å². The van der Waals surface area contributed by atoms with Crippen LogP contribution in [0.5, 0.6) is 0 Å². The lowest BCUT2D eigenvalue weighted by Gasteiger charge is -2.13. The van der Waals surface area contributed by atoms with Gasteiger partial charge in [0.15, 0.2) is 5.96 Å². The average Bonchev–Trinajstić information content (AvgIpc) is 2.01. The molecule has 0 aromatic heterocycles. The van der Waals surface area contributed by atoms with Gasteiger partial charge in [-0.3, -0.25) is 4.99 Å². The number of aliphatic hydroxyl groups excluding tert-OH is 1. The molecule has 4 N–H and O–H groups in total. The van der Waals surface area contributed by atoms with Crippen molar-refractivity contribution in [3.8, 4) is 0 Å². The zero-order valence-electron chi connectivity index (χ0n) is 7.17. The molecule has 0 rings (SSSR count). The van der Waals surface area contributed by atoms with Crippen LogP contribution < -0.4 is 11.1 Å². The third-order valence-electron chi connectivity index (χ3n) is 1.39. The molecule has 1 atom stereocenters. The van der Waals surface area contributed by atoms with E-state index in [1.165, 1.54) is 0 Å². The summed E-state index contributed by atoms with van der Waals surface area (Å²) in [6, 6.07) is 0.0327. The number of aliphatic imine (C=N–C) groups is 1. The number of aliphatic hydroxyl groups is 1. The standard InChI is InChI=1S/C7H17N3O/c1-3-6(5-11)10-7(8)9-4-2/h6,11H,3-5H2,1-2H3,(H3,8,9,10). The topological polar surface area (TPSA) is 70.6 Å². The molecule has 11 heavy (non-hydrogen) atoms. The van der Waals surface area contributed by atoms with Crippen LogP contribution in [0.1, 0.15) is 20.3 Å². The SMILES string of the molecule is CCN=C(N)NC(CC)CO. The first kappa shape index (κ1) is 10.2. The fraction of sp³-hybridized carbons (Fsp3) is 0.857. The first-order valence-corrected chi connectivity index (χ1v) is 3.91. The van der Waals surface area contributed by atoms with E-state index in [0.717, 1.165) is 6.42 Å². The van der Waals surface area contributed by atoms with E-state index in [4.69, 9.17) is 10.8 Å². The van der Waals surface area contributed by atoms with Crippen LogP contribution >= 0.6 is 0 Å². The largest absolute Gasteiger partial charge is 0.394 e. The van der Waals surface area contributed by atoms with E-state index in [1.54, 1.807) is 0 Å². The van der Waals surface area contributed by atoms with Gasteiger partial charge in [-0.25, -0.2) is 0 Å². The normalized spacial score (nSPS) is 14.6. The summed E-state index contributed by atoms with van der Waals surface area (Å²) < 4.78 is 0. The van der Waals surface area contributed by atoms with Crippen LogP contribution in [0.15, 0.2) is 4.99 Å². The van der Waals surface area contributed by atoms with Gasteiger partial charge in [-0.05, 0) is 13.3 Å². The predicted molar refractivity (Wildman–Crippen MR) is 46.5 cm³/mol. The molecule has 4 nitrogen and oxygen atoms in total. The molecule has 0 amide bonds. The molecule has 0 spiro atoms. The highest BCUT2D eigenvalue weighted by atomic mass is 16.3. The molecule has 1 unspecified atom stereocenters. The smallest absolute Gasteiger partial charge is 0.188 e. The highest BCUT2D eigenvalue weighted by Crippen LogP contribution is 1.87. The molecule has 0 bridgehead atoms. The summed E-state index contributed by atoms with van der Waals surface area (Å²) in [4.78, 5) is 3.93. The van der Waals surface area contributed by atoms with Crippen molar-refractivity contribution in [3.63, 3.8) is 0 Å². The van der Waals surface area contributed by atoms with Crippen molar-refractivity contribution in [2.45, 2.75) is 26.3 Å². The molecule has 0 saturated heterocycles. The van der Waals surface area contributed by atoms with Crippen LogP contribution in [-0.4, -0.2) is 30.3 Å². The van der Waals surface area contributed by atoms with Crippen molar-refractivity contribution in [1.29, 1.82) is 0 Å². The van der Waals surface area contributed by atoms with E-state index >= 15 is 0 Å². The summed E-state index contributed by atoms with van der Waals surface area (Å²) in [5, 5.41) is 11.7. The summed E-state index contributed by atoms with van der Waals surface area (Å²) in [6.07, 6.45) is 0.844. The first-order valence-electron chi connectivity index (χ1n) is 3.91. The van der Waals surface area contributed by atoms with Crippen molar-refractivity contribution >= 4 is 5.96 Å². The van der Waals surface area contributed by atoms with Gasteiger partial charge >= 0.3 is 0 Å². The van der Waals surface area contributed by atoms with Gasteiger partial charge in [0.1, 0.15) is 0 Å². The third-order valence-corrected chi connectivity index (χ3v) is 1.39. The number of guanidine groups is 1. The number of hydrogen-bond acceptors (Lipinski definition) is 2. The maximum Gasteiger partial charge on any atom is 0.188 e. The highest BCUT2D eigenvalue weighted by Gasteiger charge is 2.02. The summed E-state index contributed by atoms with van der Waals surface area (Å²) in [7, 11) is 0. The third kappa shape index (κ3) is 4.61. The minimum absolute atomic E-state index is 0.0327. The van der Waals surface area contributed by atoms with Crippen molar-refractivity contribution in [2.75, 3.05) is 13.2 Å². The lowest BCUT2D eigenvalue weighted by atomic mass is 10.2. The van der Waals surface area contributed by atoms with E-state index in [1.807, 2.05) is 13.8 Å². The number of nitrogens with two attached hydrogens (primary N) is 1. The van der Waals surface area contributed by atoms with Crippen molar-refractivity contribution in [3.05, 3.63) is 0 Å². The fourth-order valence-corrected chi connectivity index (χ4v) is 0.702. The van der Waals surface area contributed by atoms with Gasteiger partial charge in [0.05, 0.1) is 12.6 Å². The average molecular weight is 159 g/mol. The zero-order valence-corrected chi connectivity index (χ0v) is 7.17. The van der Waals surface area contributed by atoms with Gasteiger partial charge in [0.25, 0.3) is 0 Å². The summed E-state index contributed by atoms with van der Waals surface area (Å²) >= 11 is 0. The first-order chi connectivity index (χ1) is 5.24. The Morgan fingerprint density at radius 3 is 2.64 bits per heavy atom. The quantitative estimate of drug-likeness (QED) is 0.389. The van der Waals surface area contributed by atoms with Crippen molar-refractivity contribution in [2.24, 2.45) is 10.7 Å². The molecular weight excluding hydrogens is 142 g/mol. The number of nitrogens with zero attached hydrogens (tertiary/aromatic N) is 1. The summed E-state index contributed by atoms with van der Waals surface area (Å²) in [5.41, 5.74) is 5.46. The Morgan fingerprint density at radius 2 is 2.27 bits per heavy atom. The van der Waals surface area contributed by atoms with Crippen molar-refractivity contribution < 1.29 is 5.11 Å². The summed E-state index contributed by atoms with van der Waals surface area (Å²) in [5.74, 6) is 0.411. The lowest BCUT2D eigenvalue weighted by molar-refractivity contribution is 0.252. The van der Waals surface area contributed by atoms with Crippen LogP contribution in [0.25, 0.3) is 0 Å². The molecule has 66 valence electrons. The second-order valence-corrected chi connectivity index (χ2v) is 2.29. The molecule has 0 fully saturated rings. The molecule has 0 radical (unpaired) electrons. The van der Waals surface area contributed by atoms with Crippen molar-refractivity contribution in [1.82, 2.24) is 5.32 Å². The molecule has 4 heteroatoms. The minimum Gasteiger partial charge on any atom is -0.394 e. The molecular formula is C7H17N3O. The van der Waals surface area contributed by atoms with E-state index in [9.17, 15) is 0 Å². The number of nitrogens with one attached hydrogen (secondary N) is 1. The lowest BCUT2D eigenvalue weighted by Crippen LogP contribution is -2.41. The fourth-order valence-electron chi connectivity index (χ4n) is 0.702. The molecule has 0 aromatic carbocycles. The maximum absolute atomic E-state index is 8.77. The molecule has 0 aliphatic carbocycles. The van der Waals surface area contributed by atoms with E-state index in [0.29, 0.717) is 12.5 Å². The van der Waals surface area contributed by atoms with Gasteiger partial charge in [-0.1, -0.05) is 6.92 Å². The van der Waals surface area contributed by atoms with Gasteiger partial charge in [-0.15, -0.1) is 0 Å². The molecule has 0 heterocycles. The maximum atomic E-state index is 8.77. The van der Waals surface area contributed by atoms with E-state index < -0.39 is 0 Å². The van der Waals surface area contributed by atoms with Gasteiger partial charge in [-0.2, -0.15) is 0 Å². The van der Waals surface area contributed by atoms with Crippen LogP contribution in [0, 0.1) is 0 Å². The Balaban J connectivity index is 3.71. The highest BCUT2D eigenvalue weighted by molar-refractivity contribution is 5.78. The Morgan fingerprint density at radius 1 is 1.64 bits per heavy atom. The van der Waals surface area contributed by atoms with Crippen LogP contribution in [0.2, 0.25) is 0 Å². The second kappa shape index (κ2) is 5.97. The van der Waals surface area contributed by atoms with E-state index in [-0.39, 0.29) is 12.6 Å². The molecule has 0 aliphatic rings. The van der Waals surface area contributed by atoms with Gasteiger partial charge in [0.2, 0.25) is 0 Å². The Hall–Kier alpha value is -0.770.